The molecular formula is C29H16F6N4. The van der Waals surface area contributed by atoms with Crippen molar-refractivity contribution >= 4 is 21.8 Å². The summed E-state index contributed by atoms with van der Waals surface area (Å²) in [7, 11) is 0. The highest BCUT2D eigenvalue weighted by molar-refractivity contribution is 6.09. The molecule has 0 N–H and O–H groups in total. The van der Waals surface area contributed by atoms with E-state index in [1.807, 2.05) is 0 Å². The minimum atomic E-state index is -4.67. The van der Waals surface area contributed by atoms with Gasteiger partial charge < -0.3 is 0 Å². The Morgan fingerprint density at radius 2 is 0.897 bits per heavy atom. The normalized spacial score (nSPS) is 12.4. The summed E-state index contributed by atoms with van der Waals surface area (Å²) in [6.45, 7) is 0. The number of halogens is 6. The van der Waals surface area contributed by atoms with Crippen molar-refractivity contribution in [3.63, 3.8) is 0 Å². The molecule has 6 aromatic rings. The fourth-order valence-corrected chi connectivity index (χ4v) is 4.48. The van der Waals surface area contributed by atoms with Crippen LogP contribution in [0.4, 0.5) is 26.3 Å². The first-order valence-corrected chi connectivity index (χ1v) is 11.7. The first kappa shape index (κ1) is 24.6. The summed E-state index contributed by atoms with van der Waals surface area (Å²) >= 11 is 0. The van der Waals surface area contributed by atoms with Crippen molar-refractivity contribution in [2.75, 3.05) is 0 Å². The van der Waals surface area contributed by atoms with E-state index in [2.05, 4.69) is 15.0 Å². The lowest BCUT2D eigenvalue weighted by Gasteiger charge is -2.12. The van der Waals surface area contributed by atoms with Gasteiger partial charge in [-0.1, -0.05) is 72.8 Å². The van der Waals surface area contributed by atoms with Gasteiger partial charge in [0.25, 0.3) is 0 Å². The van der Waals surface area contributed by atoms with Crippen LogP contribution in [0.5, 0.6) is 0 Å². The number of rotatable bonds is 3. The molecule has 6 rings (SSSR count). The summed E-state index contributed by atoms with van der Waals surface area (Å²) in [4.78, 5) is 13.6. The SMILES string of the molecule is FC(F)(F)c1ccc2c3ccc(C(F)(F)F)cc3n(-c3nc(-c4ccccc4)nc(-c4ccccc4)n3)c2c1. The highest BCUT2D eigenvalue weighted by atomic mass is 19.4. The zero-order valence-electron chi connectivity index (χ0n) is 19.8. The molecule has 0 unspecified atom stereocenters. The Morgan fingerprint density at radius 1 is 0.487 bits per heavy atom. The molecule has 0 radical (unpaired) electrons. The summed E-state index contributed by atoms with van der Waals surface area (Å²) in [5.41, 5.74) is -0.657. The molecule has 0 aliphatic heterocycles. The molecule has 0 saturated heterocycles. The van der Waals surface area contributed by atoms with Crippen LogP contribution in [0.15, 0.2) is 97.1 Å². The van der Waals surface area contributed by atoms with E-state index in [1.54, 1.807) is 60.7 Å². The van der Waals surface area contributed by atoms with Gasteiger partial charge in [0.15, 0.2) is 11.6 Å². The summed E-state index contributed by atoms with van der Waals surface area (Å²) in [6, 6.07) is 23.8. The molecule has 4 aromatic carbocycles. The van der Waals surface area contributed by atoms with Gasteiger partial charge in [-0.05, 0) is 24.3 Å². The van der Waals surface area contributed by atoms with Crippen LogP contribution in [0.2, 0.25) is 0 Å². The zero-order chi connectivity index (χ0) is 27.4. The molecule has 0 fully saturated rings. The Balaban J connectivity index is 1.73. The van der Waals surface area contributed by atoms with Gasteiger partial charge in [0.05, 0.1) is 22.2 Å². The van der Waals surface area contributed by atoms with Crippen LogP contribution in [0.25, 0.3) is 50.5 Å². The summed E-state index contributed by atoms with van der Waals surface area (Å²) in [5.74, 6) is 0.322. The molecule has 0 saturated carbocycles. The molecule has 194 valence electrons. The maximum absolute atomic E-state index is 13.7. The van der Waals surface area contributed by atoms with Gasteiger partial charge in [-0.15, -0.1) is 0 Å². The van der Waals surface area contributed by atoms with E-state index in [9.17, 15) is 26.3 Å². The lowest BCUT2D eigenvalue weighted by Crippen LogP contribution is -2.09. The van der Waals surface area contributed by atoms with E-state index in [1.165, 1.54) is 16.7 Å². The van der Waals surface area contributed by atoms with Crippen molar-refractivity contribution in [2.24, 2.45) is 0 Å². The van der Waals surface area contributed by atoms with E-state index < -0.39 is 23.5 Å². The predicted molar refractivity (Wildman–Crippen MR) is 135 cm³/mol. The van der Waals surface area contributed by atoms with Crippen LogP contribution >= 0.6 is 0 Å². The number of benzene rings is 4. The second-order valence-electron chi connectivity index (χ2n) is 8.81. The monoisotopic (exact) mass is 534 g/mol. The first-order chi connectivity index (χ1) is 18.6. The number of aromatic nitrogens is 4. The lowest BCUT2D eigenvalue weighted by atomic mass is 10.1. The summed E-state index contributed by atoms with van der Waals surface area (Å²) in [5, 5.41) is 0.657. The van der Waals surface area contributed by atoms with Gasteiger partial charge in [-0.25, -0.2) is 4.98 Å². The average molecular weight is 534 g/mol. The van der Waals surface area contributed by atoms with Crippen LogP contribution in [-0.4, -0.2) is 19.5 Å². The van der Waals surface area contributed by atoms with Gasteiger partial charge >= 0.3 is 12.4 Å². The molecule has 0 amide bonds. The molecule has 0 atom stereocenters. The van der Waals surface area contributed by atoms with Crippen LogP contribution in [0, 0.1) is 0 Å². The van der Waals surface area contributed by atoms with Crippen molar-refractivity contribution in [1.82, 2.24) is 19.5 Å². The number of nitrogens with zero attached hydrogens (tertiary/aromatic N) is 4. The number of hydrogen-bond donors (Lipinski definition) is 0. The van der Waals surface area contributed by atoms with Gasteiger partial charge in [-0.3, -0.25) is 4.57 Å². The molecule has 0 aliphatic carbocycles. The van der Waals surface area contributed by atoms with Crippen molar-refractivity contribution in [3.8, 4) is 28.7 Å². The van der Waals surface area contributed by atoms with E-state index in [0.29, 0.717) is 21.9 Å². The quantitative estimate of drug-likeness (QED) is 0.214. The standard InChI is InChI=1S/C29H16F6N4/c30-28(31,32)19-11-13-21-22-14-12-20(29(33,34)35)16-24(22)39(23(21)15-19)27-37-25(17-7-3-1-4-8-17)36-26(38-27)18-9-5-2-6-10-18/h1-16H. The Morgan fingerprint density at radius 3 is 1.28 bits per heavy atom. The second-order valence-corrected chi connectivity index (χ2v) is 8.81. The highest BCUT2D eigenvalue weighted by Crippen LogP contribution is 2.39. The first-order valence-electron chi connectivity index (χ1n) is 11.7. The Labute approximate surface area is 217 Å². The fraction of sp³-hybridized carbons (Fsp3) is 0.0690. The maximum Gasteiger partial charge on any atom is 0.416 e. The number of fused-ring (bicyclic) bond motifs is 3. The van der Waals surface area contributed by atoms with E-state index in [-0.39, 0.29) is 28.6 Å². The van der Waals surface area contributed by atoms with Crippen molar-refractivity contribution in [1.29, 1.82) is 0 Å². The van der Waals surface area contributed by atoms with Gasteiger partial charge in [0, 0.05) is 21.9 Å². The second kappa shape index (κ2) is 8.93. The van der Waals surface area contributed by atoms with Gasteiger partial charge in [0.1, 0.15) is 0 Å². The van der Waals surface area contributed by atoms with Crippen molar-refractivity contribution in [3.05, 3.63) is 108 Å². The summed E-state index contributed by atoms with van der Waals surface area (Å²) in [6.07, 6.45) is -9.34. The van der Waals surface area contributed by atoms with E-state index >= 15 is 0 Å². The number of alkyl halides is 6. The third kappa shape index (κ3) is 4.47. The zero-order valence-corrected chi connectivity index (χ0v) is 19.8. The summed E-state index contributed by atoms with van der Waals surface area (Å²) < 4.78 is 83.4. The average Bonchev–Trinajstić information content (AvgIpc) is 3.26. The molecule has 10 heteroatoms. The third-order valence-electron chi connectivity index (χ3n) is 6.31. The van der Waals surface area contributed by atoms with Gasteiger partial charge in [0.2, 0.25) is 5.95 Å². The fourth-order valence-electron chi connectivity index (χ4n) is 4.48. The minimum absolute atomic E-state index is 0.0170. The van der Waals surface area contributed by atoms with Crippen LogP contribution < -0.4 is 0 Å². The lowest BCUT2D eigenvalue weighted by molar-refractivity contribution is -0.138. The van der Waals surface area contributed by atoms with Crippen molar-refractivity contribution in [2.45, 2.75) is 12.4 Å². The van der Waals surface area contributed by atoms with Crippen LogP contribution in [0.3, 0.4) is 0 Å². The Kier molecular flexibility index (Phi) is 5.64. The van der Waals surface area contributed by atoms with Crippen LogP contribution in [-0.2, 0) is 12.4 Å². The van der Waals surface area contributed by atoms with E-state index in [4.69, 9.17) is 0 Å². The molecular weight excluding hydrogens is 518 g/mol. The number of hydrogen-bond acceptors (Lipinski definition) is 3. The van der Waals surface area contributed by atoms with Crippen LogP contribution in [0.1, 0.15) is 11.1 Å². The molecule has 0 aliphatic rings. The molecule has 0 spiro atoms. The highest BCUT2D eigenvalue weighted by Gasteiger charge is 2.33. The molecule has 2 heterocycles. The Hall–Kier alpha value is -4.73. The third-order valence-corrected chi connectivity index (χ3v) is 6.31. The molecule has 39 heavy (non-hydrogen) atoms. The van der Waals surface area contributed by atoms with Gasteiger partial charge in [-0.2, -0.15) is 36.3 Å². The molecule has 4 nitrogen and oxygen atoms in total. The minimum Gasteiger partial charge on any atom is -0.278 e. The van der Waals surface area contributed by atoms with E-state index in [0.717, 1.165) is 24.3 Å². The smallest absolute Gasteiger partial charge is 0.278 e. The molecule has 0 bridgehead atoms. The molecule has 2 aromatic heterocycles. The topological polar surface area (TPSA) is 43.6 Å². The largest absolute Gasteiger partial charge is 0.416 e. The maximum atomic E-state index is 13.7. The van der Waals surface area contributed by atoms with Crippen molar-refractivity contribution < 1.29 is 26.3 Å². The Bertz CT molecular complexity index is 1700. The predicted octanol–water partition coefficient (Wildman–Crippen LogP) is 8.34.